The van der Waals surface area contributed by atoms with Crippen molar-refractivity contribution in [1.82, 2.24) is 0 Å². The van der Waals surface area contributed by atoms with Crippen LogP contribution in [0.25, 0.3) is 0 Å². The number of esters is 1. The highest BCUT2D eigenvalue weighted by molar-refractivity contribution is 6.00. The van der Waals surface area contributed by atoms with Gasteiger partial charge in [0.1, 0.15) is 5.60 Å². The van der Waals surface area contributed by atoms with E-state index in [-0.39, 0.29) is 23.6 Å². The number of carbonyl (C=O) groups is 2. The van der Waals surface area contributed by atoms with Crippen molar-refractivity contribution in [2.24, 2.45) is 11.3 Å². The third kappa shape index (κ3) is 3.75. The van der Waals surface area contributed by atoms with Crippen LogP contribution in [0, 0.1) is 11.3 Å². The first-order valence-corrected chi connectivity index (χ1v) is 8.07. The molecule has 21 heavy (non-hydrogen) atoms. The third-order valence-electron chi connectivity index (χ3n) is 4.76. The number of Topliss-reactive ketones (excluding diaryl/α,β-unsaturated/α-hetero) is 1. The molecule has 1 unspecified atom stereocenters. The molecule has 0 saturated heterocycles. The minimum absolute atomic E-state index is 0.151. The Hall–Kier alpha value is -1.12. The van der Waals surface area contributed by atoms with E-state index >= 15 is 0 Å². The van der Waals surface area contributed by atoms with Crippen LogP contribution in [0.3, 0.4) is 0 Å². The molecule has 3 nitrogen and oxygen atoms in total. The SMILES string of the molecule is CC(C)(C)OC(=O)CC1=C2CCCC(C)(C)C2CCC1=O. The topological polar surface area (TPSA) is 43.4 Å². The van der Waals surface area contributed by atoms with E-state index in [1.165, 1.54) is 12.0 Å². The van der Waals surface area contributed by atoms with E-state index in [0.29, 0.717) is 12.3 Å². The summed E-state index contributed by atoms with van der Waals surface area (Å²) in [6.45, 7) is 10.2. The van der Waals surface area contributed by atoms with E-state index < -0.39 is 5.60 Å². The summed E-state index contributed by atoms with van der Waals surface area (Å²) >= 11 is 0. The van der Waals surface area contributed by atoms with Gasteiger partial charge in [0.2, 0.25) is 0 Å². The molecule has 0 spiro atoms. The van der Waals surface area contributed by atoms with Gasteiger partial charge in [-0.25, -0.2) is 0 Å². The van der Waals surface area contributed by atoms with Crippen molar-refractivity contribution < 1.29 is 14.3 Å². The molecule has 0 aromatic carbocycles. The Morgan fingerprint density at radius 1 is 1.29 bits per heavy atom. The average Bonchev–Trinajstić information content (AvgIpc) is 2.30. The van der Waals surface area contributed by atoms with Crippen LogP contribution in [0.4, 0.5) is 0 Å². The number of ketones is 1. The van der Waals surface area contributed by atoms with Gasteiger partial charge in [-0.05, 0) is 57.8 Å². The second-order valence-corrected chi connectivity index (χ2v) is 8.12. The number of rotatable bonds is 2. The second kappa shape index (κ2) is 5.58. The Balaban J connectivity index is 2.24. The van der Waals surface area contributed by atoms with E-state index in [9.17, 15) is 9.59 Å². The summed E-state index contributed by atoms with van der Waals surface area (Å²) in [5.74, 6) is 0.341. The highest BCUT2D eigenvalue weighted by Crippen LogP contribution is 2.49. The van der Waals surface area contributed by atoms with Crippen LogP contribution in [0.1, 0.15) is 73.1 Å². The Morgan fingerprint density at radius 2 is 1.95 bits per heavy atom. The Morgan fingerprint density at radius 3 is 2.57 bits per heavy atom. The predicted octanol–water partition coefficient (Wildman–Crippen LogP) is 4.20. The first kappa shape index (κ1) is 16.3. The van der Waals surface area contributed by atoms with Gasteiger partial charge in [0, 0.05) is 12.0 Å². The fourth-order valence-electron chi connectivity index (χ4n) is 3.82. The van der Waals surface area contributed by atoms with Crippen molar-refractivity contribution in [2.75, 3.05) is 0 Å². The lowest BCUT2D eigenvalue weighted by molar-refractivity contribution is -0.154. The van der Waals surface area contributed by atoms with Gasteiger partial charge in [-0.15, -0.1) is 0 Å². The molecule has 0 N–H and O–H groups in total. The molecule has 0 heterocycles. The number of fused-ring (bicyclic) bond motifs is 1. The largest absolute Gasteiger partial charge is 0.460 e. The Bertz CT molecular complexity index is 477. The van der Waals surface area contributed by atoms with E-state index in [4.69, 9.17) is 4.74 Å². The molecule has 1 saturated carbocycles. The van der Waals surface area contributed by atoms with Crippen LogP contribution in [0.15, 0.2) is 11.1 Å². The molecule has 3 heteroatoms. The highest BCUT2D eigenvalue weighted by atomic mass is 16.6. The maximum atomic E-state index is 12.3. The molecular weight excluding hydrogens is 264 g/mol. The number of ether oxygens (including phenoxy) is 1. The Kier molecular flexibility index (Phi) is 4.32. The maximum Gasteiger partial charge on any atom is 0.310 e. The number of hydrogen-bond donors (Lipinski definition) is 0. The fourth-order valence-corrected chi connectivity index (χ4v) is 3.82. The van der Waals surface area contributed by atoms with Crippen molar-refractivity contribution in [2.45, 2.75) is 78.7 Å². The van der Waals surface area contributed by atoms with Crippen LogP contribution in [0.5, 0.6) is 0 Å². The lowest BCUT2D eigenvalue weighted by Crippen LogP contribution is -2.35. The quantitative estimate of drug-likeness (QED) is 0.716. The molecule has 0 radical (unpaired) electrons. The highest BCUT2D eigenvalue weighted by Gasteiger charge is 2.40. The van der Waals surface area contributed by atoms with E-state index in [1.807, 2.05) is 20.8 Å². The first-order valence-electron chi connectivity index (χ1n) is 8.07. The molecule has 0 aliphatic heterocycles. The van der Waals surface area contributed by atoms with Crippen molar-refractivity contribution in [1.29, 1.82) is 0 Å². The van der Waals surface area contributed by atoms with E-state index in [2.05, 4.69) is 13.8 Å². The molecule has 0 aromatic heterocycles. The minimum Gasteiger partial charge on any atom is -0.460 e. The van der Waals surface area contributed by atoms with Crippen molar-refractivity contribution in [3.05, 3.63) is 11.1 Å². The molecule has 0 bridgehead atoms. The molecule has 0 aromatic rings. The smallest absolute Gasteiger partial charge is 0.310 e. The van der Waals surface area contributed by atoms with Gasteiger partial charge in [-0.2, -0.15) is 0 Å². The Labute approximate surface area is 128 Å². The summed E-state index contributed by atoms with van der Waals surface area (Å²) in [4.78, 5) is 24.4. The normalized spacial score (nSPS) is 25.6. The van der Waals surface area contributed by atoms with E-state index in [1.54, 1.807) is 0 Å². The number of hydrogen-bond acceptors (Lipinski definition) is 3. The van der Waals surface area contributed by atoms with Gasteiger partial charge in [0.15, 0.2) is 5.78 Å². The summed E-state index contributed by atoms with van der Waals surface area (Å²) in [5.41, 5.74) is 1.75. The zero-order chi connectivity index (χ0) is 15.8. The molecule has 118 valence electrons. The first-order chi connectivity index (χ1) is 9.60. The van der Waals surface area contributed by atoms with Gasteiger partial charge in [-0.3, -0.25) is 9.59 Å². The second-order valence-electron chi connectivity index (χ2n) is 8.12. The lowest BCUT2D eigenvalue weighted by atomic mass is 9.61. The van der Waals surface area contributed by atoms with E-state index in [0.717, 1.165) is 24.8 Å². The molecular formula is C18H28O3. The van der Waals surface area contributed by atoms with Gasteiger partial charge < -0.3 is 4.74 Å². The van der Waals surface area contributed by atoms with Crippen LogP contribution in [-0.2, 0) is 14.3 Å². The molecule has 1 fully saturated rings. The fraction of sp³-hybridized carbons (Fsp3) is 0.778. The molecule has 2 rings (SSSR count). The molecule has 2 aliphatic carbocycles. The summed E-state index contributed by atoms with van der Waals surface area (Å²) in [6.07, 6.45) is 4.96. The lowest BCUT2D eigenvalue weighted by Gasteiger charge is -2.43. The zero-order valence-electron chi connectivity index (χ0n) is 14.0. The summed E-state index contributed by atoms with van der Waals surface area (Å²) in [6, 6.07) is 0. The standard InChI is InChI=1S/C18H28O3/c1-17(2,3)21-16(20)11-13-12-7-6-10-18(4,5)14(12)8-9-15(13)19/h14H,6-11H2,1-5H3. The summed E-state index contributed by atoms with van der Waals surface area (Å²) < 4.78 is 5.40. The number of allylic oxidation sites excluding steroid dienone is 1. The summed E-state index contributed by atoms with van der Waals surface area (Å²) in [7, 11) is 0. The predicted molar refractivity (Wildman–Crippen MR) is 82.9 cm³/mol. The third-order valence-corrected chi connectivity index (χ3v) is 4.76. The van der Waals surface area contributed by atoms with Crippen LogP contribution in [0.2, 0.25) is 0 Å². The number of carbonyl (C=O) groups excluding carboxylic acids is 2. The van der Waals surface area contributed by atoms with Gasteiger partial charge in [0.25, 0.3) is 0 Å². The monoisotopic (exact) mass is 292 g/mol. The van der Waals surface area contributed by atoms with Crippen molar-refractivity contribution >= 4 is 11.8 Å². The average molecular weight is 292 g/mol. The van der Waals surface area contributed by atoms with Gasteiger partial charge >= 0.3 is 5.97 Å². The van der Waals surface area contributed by atoms with Crippen LogP contribution < -0.4 is 0 Å². The van der Waals surface area contributed by atoms with Crippen molar-refractivity contribution in [3.63, 3.8) is 0 Å². The van der Waals surface area contributed by atoms with Crippen LogP contribution >= 0.6 is 0 Å². The molecule has 2 aliphatic rings. The van der Waals surface area contributed by atoms with Gasteiger partial charge in [0.05, 0.1) is 6.42 Å². The molecule has 1 atom stereocenters. The van der Waals surface area contributed by atoms with Crippen molar-refractivity contribution in [3.8, 4) is 0 Å². The van der Waals surface area contributed by atoms with Gasteiger partial charge in [-0.1, -0.05) is 19.4 Å². The minimum atomic E-state index is -0.495. The summed E-state index contributed by atoms with van der Waals surface area (Å²) in [5, 5.41) is 0. The maximum absolute atomic E-state index is 12.3. The van der Waals surface area contributed by atoms with Crippen LogP contribution in [-0.4, -0.2) is 17.4 Å². The molecule has 0 amide bonds. The zero-order valence-corrected chi connectivity index (χ0v) is 14.0.